The lowest BCUT2D eigenvalue weighted by molar-refractivity contribution is -0.147. The van der Waals surface area contributed by atoms with E-state index in [0.717, 1.165) is 0 Å². The van der Waals surface area contributed by atoms with E-state index in [1.807, 2.05) is 0 Å². The fourth-order valence-corrected chi connectivity index (χ4v) is 3.06. The van der Waals surface area contributed by atoms with Gasteiger partial charge in [-0.25, -0.2) is 0 Å². The average Bonchev–Trinajstić information content (AvgIpc) is 2.29. The van der Waals surface area contributed by atoms with Gasteiger partial charge in [-0.2, -0.15) is 0 Å². The molecule has 0 spiro atoms. The molecule has 6 nitrogen and oxygen atoms in total. The summed E-state index contributed by atoms with van der Waals surface area (Å²) in [7, 11) is -1.65. The summed E-state index contributed by atoms with van der Waals surface area (Å²) in [5.74, 6) is -0.409. The number of carbonyl (C=O) groups is 1. The van der Waals surface area contributed by atoms with Crippen LogP contribution in [0.2, 0.25) is 0 Å². The van der Waals surface area contributed by atoms with Crippen molar-refractivity contribution in [2.45, 2.75) is 13.3 Å². The van der Waals surface area contributed by atoms with E-state index in [-0.39, 0.29) is 26.0 Å². The van der Waals surface area contributed by atoms with Crippen LogP contribution in [-0.4, -0.2) is 44.2 Å². The Morgan fingerprint density at radius 2 is 2.31 bits per heavy atom. The number of rotatable bonds is 4. The van der Waals surface area contributed by atoms with Crippen molar-refractivity contribution in [3.63, 3.8) is 0 Å². The van der Waals surface area contributed by atoms with Gasteiger partial charge in [-0.1, -0.05) is 0 Å². The quantitative estimate of drug-likeness (QED) is 0.588. The van der Waals surface area contributed by atoms with Crippen LogP contribution in [0.15, 0.2) is 0 Å². The van der Waals surface area contributed by atoms with Gasteiger partial charge in [0.15, 0.2) is 0 Å². The van der Waals surface area contributed by atoms with Crippen molar-refractivity contribution >= 4 is 13.6 Å². The molecular formula is C9H17O6P. The minimum Gasteiger partial charge on any atom is -0.465 e. The van der Waals surface area contributed by atoms with E-state index in [4.69, 9.17) is 13.8 Å². The van der Waals surface area contributed by atoms with Crippen LogP contribution in [0.1, 0.15) is 13.3 Å². The van der Waals surface area contributed by atoms with Crippen LogP contribution in [0.3, 0.4) is 0 Å². The Kier molecular flexibility index (Phi) is 4.50. The zero-order valence-electron chi connectivity index (χ0n) is 9.47. The van der Waals surface area contributed by atoms with Crippen LogP contribution >= 0.6 is 7.60 Å². The number of aliphatic hydroxyl groups is 1. The van der Waals surface area contributed by atoms with Crippen molar-refractivity contribution in [3.8, 4) is 0 Å². The molecule has 1 rings (SSSR count). The Hall–Kier alpha value is -0.420. The maximum atomic E-state index is 11.7. The van der Waals surface area contributed by atoms with Gasteiger partial charge < -0.3 is 18.9 Å². The van der Waals surface area contributed by atoms with Crippen LogP contribution in [0.5, 0.6) is 0 Å². The maximum Gasteiger partial charge on any atom is 0.330 e. The van der Waals surface area contributed by atoms with E-state index in [1.165, 1.54) is 14.0 Å². The third kappa shape index (κ3) is 3.28. The number of hydrogen-bond donors (Lipinski definition) is 1. The smallest absolute Gasteiger partial charge is 0.330 e. The topological polar surface area (TPSA) is 82.1 Å². The van der Waals surface area contributed by atoms with Crippen molar-refractivity contribution in [1.82, 2.24) is 0 Å². The lowest BCUT2D eigenvalue weighted by Gasteiger charge is -2.36. The molecule has 0 aromatic heterocycles. The molecule has 0 saturated carbocycles. The minimum absolute atomic E-state index is 0.0713. The van der Waals surface area contributed by atoms with Crippen LogP contribution in [0.4, 0.5) is 0 Å². The Labute approximate surface area is 94.4 Å². The molecular weight excluding hydrogens is 235 g/mol. The van der Waals surface area contributed by atoms with E-state index < -0.39 is 19.0 Å². The zero-order chi connectivity index (χ0) is 12.2. The molecule has 0 aliphatic carbocycles. The summed E-state index contributed by atoms with van der Waals surface area (Å²) in [5, 5.41) is 9.30. The van der Waals surface area contributed by atoms with Gasteiger partial charge in [0.1, 0.15) is 6.61 Å². The molecule has 0 radical (unpaired) electrons. The summed E-state index contributed by atoms with van der Waals surface area (Å²) >= 11 is 0. The first-order valence-corrected chi connectivity index (χ1v) is 6.72. The van der Waals surface area contributed by atoms with Gasteiger partial charge in [0.25, 0.3) is 0 Å². The largest absolute Gasteiger partial charge is 0.465 e. The Morgan fingerprint density at radius 1 is 1.62 bits per heavy atom. The fraction of sp³-hybridized carbons (Fsp3) is 0.889. The minimum atomic E-state index is -2.99. The first kappa shape index (κ1) is 13.6. The third-order valence-electron chi connectivity index (χ3n) is 2.68. The second kappa shape index (κ2) is 5.27. The molecule has 1 aliphatic rings. The first-order chi connectivity index (χ1) is 7.45. The van der Waals surface area contributed by atoms with E-state index in [9.17, 15) is 14.5 Å². The molecule has 7 heteroatoms. The molecule has 1 aliphatic heterocycles. The fourth-order valence-electron chi connectivity index (χ4n) is 1.43. The van der Waals surface area contributed by atoms with Crippen molar-refractivity contribution in [2.75, 3.05) is 33.1 Å². The predicted octanol–water partition coefficient (Wildman–Crippen LogP) is 0.788. The van der Waals surface area contributed by atoms with Gasteiger partial charge in [-0.15, -0.1) is 0 Å². The van der Waals surface area contributed by atoms with Gasteiger partial charge in [0.05, 0.1) is 24.8 Å². The Bertz CT molecular complexity index is 290. The molecule has 1 heterocycles. The standard InChI is InChI=1S/C9H17O6P/c1-8(11)14-6-9(5-10)3-4-16(12,13-2)15-7-9/h10H,3-7H2,1-2H3. The molecule has 0 aromatic carbocycles. The maximum absolute atomic E-state index is 11.7. The van der Waals surface area contributed by atoms with E-state index >= 15 is 0 Å². The molecule has 0 aromatic rings. The second-order valence-corrected chi connectivity index (χ2v) is 6.27. The number of ether oxygens (including phenoxy) is 1. The lowest BCUT2D eigenvalue weighted by Crippen LogP contribution is -2.40. The summed E-state index contributed by atoms with van der Waals surface area (Å²) in [4.78, 5) is 10.7. The highest BCUT2D eigenvalue weighted by Crippen LogP contribution is 2.54. The van der Waals surface area contributed by atoms with Crippen molar-refractivity contribution in [2.24, 2.45) is 5.41 Å². The van der Waals surface area contributed by atoms with Crippen molar-refractivity contribution in [1.29, 1.82) is 0 Å². The zero-order valence-corrected chi connectivity index (χ0v) is 10.4. The van der Waals surface area contributed by atoms with Crippen LogP contribution in [0.25, 0.3) is 0 Å². The highest BCUT2D eigenvalue weighted by Gasteiger charge is 2.42. The Morgan fingerprint density at radius 3 is 2.69 bits per heavy atom. The normalized spacial score (nSPS) is 34.7. The molecule has 16 heavy (non-hydrogen) atoms. The van der Waals surface area contributed by atoms with Gasteiger partial charge >= 0.3 is 13.6 Å². The van der Waals surface area contributed by atoms with E-state index in [2.05, 4.69) is 0 Å². The summed E-state index contributed by atoms with van der Waals surface area (Å²) in [5.41, 5.74) is -0.655. The second-order valence-electron chi connectivity index (χ2n) is 3.98. The number of esters is 1. The summed E-state index contributed by atoms with van der Waals surface area (Å²) in [6.07, 6.45) is 0.674. The van der Waals surface area contributed by atoms with E-state index in [1.54, 1.807) is 0 Å². The van der Waals surface area contributed by atoms with Gasteiger partial charge in [0.2, 0.25) is 0 Å². The monoisotopic (exact) mass is 252 g/mol. The molecule has 0 bridgehead atoms. The molecule has 1 saturated heterocycles. The van der Waals surface area contributed by atoms with E-state index in [0.29, 0.717) is 6.42 Å². The Balaban J connectivity index is 2.58. The van der Waals surface area contributed by atoms with Gasteiger partial charge in [0, 0.05) is 14.0 Å². The SMILES string of the molecule is COP1(=O)CCC(CO)(COC(C)=O)CO1. The molecule has 94 valence electrons. The highest BCUT2D eigenvalue weighted by molar-refractivity contribution is 7.53. The summed E-state index contributed by atoms with van der Waals surface area (Å²) in [6.45, 7) is 1.27. The summed E-state index contributed by atoms with van der Waals surface area (Å²) in [6, 6.07) is 0. The van der Waals surface area contributed by atoms with Crippen LogP contribution < -0.4 is 0 Å². The highest BCUT2D eigenvalue weighted by atomic mass is 31.2. The van der Waals surface area contributed by atoms with Gasteiger partial charge in [-0.3, -0.25) is 9.36 Å². The number of hydrogen-bond acceptors (Lipinski definition) is 6. The molecule has 2 unspecified atom stereocenters. The lowest BCUT2D eigenvalue weighted by atomic mass is 9.88. The molecule has 1 N–H and O–H groups in total. The summed E-state index contributed by atoms with van der Waals surface area (Å²) < 4.78 is 26.5. The van der Waals surface area contributed by atoms with Crippen molar-refractivity contribution in [3.05, 3.63) is 0 Å². The molecule has 0 amide bonds. The first-order valence-electron chi connectivity index (χ1n) is 4.99. The third-order valence-corrected chi connectivity index (χ3v) is 4.53. The predicted molar refractivity (Wildman–Crippen MR) is 56.2 cm³/mol. The average molecular weight is 252 g/mol. The molecule has 1 fully saturated rings. The molecule has 2 atom stereocenters. The number of aliphatic hydroxyl groups excluding tert-OH is 1. The van der Waals surface area contributed by atoms with Crippen LogP contribution in [0, 0.1) is 5.41 Å². The number of carbonyl (C=O) groups excluding carboxylic acids is 1. The van der Waals surface area contributed by atoms with Crippen molar-refractivity contribution < 1.29 is 28.3 Å². The van der Waals surface area contributed by atoms with Crippen LogP contribution in [-0.2, 0) is 23.1 Å². The van der Waals surface area contributed by atoms with Gasteiger partial charge in [-0.05, 0) is 6.42 Å².